The first kappa shape index (κ1) is 11.0. The monoisotopic (exact) mass is 196 g/mol. The van der Waals surface area contributed by atoms with Crippen molar-refractivity contribution in [2.45, 2.75) is 6.92 Å². The van der Waals surface area contributed by atoms with E-state index in [1.165, 1.54) is 12.1 Å². The van der Waals surface area contributed by atoms with E-state index in [0.29, 0.717) is 0 Å². The number of hydrogen-bond donors (Lipinski definition) is 1. The van der Waals surface area contributed by atoms with Crippen LogP contribution in [0.25, 0.3) is 0 Å². The third kappa shape index (κ3) is 3.75. The lowest BCUT2D eigenvalue weighted by molar-refractivity contribution is 0.367. The van der Waals surface area contributed by atoms with E-state index in [0.717, 1.165) is 25.3 Å². The highest BCUT2D eigenvalue weighted by molar-refractivity contribution is 5.42. The van der Waals surface area contributed by atoms with Gasteiger partial charge in [-0.15, -0.1) is 0 Å². The highest BCUT2D eigenvalue weighted by atomic mass is 19.1. The SMILES string of the molecule is CCN(C)CCNc1cccc(F)c1. The van der Waals surface area contributed by atoms with E-state index in [-0.39, 0.29) is 5.82 Å². The summed E-state index contributed by atoms with van der Waals surface area (Å²) in [4.78, 5) is 2.20. The number of nitrogens with zero attached hydrogens (tertiary/aromatic N) is 1. The van der Waals surface area contributed by atoms with Crippen molar-refractivity contribution in [3.8, 4) is 0 Å². The predicted octanol–water partition coefficient (Wildman–Crippen LogP) is 2.19. The minimum absolute atomic E-state index is 0.196. The molecule has 0 saturated carbocycles. The van der Waals surface area contributed by atoms with Crippen LogP contribution in [0, 0.1) is 5.82 Å². The van der Waals surface area contributed by atoms with Crippen LogP contribution in [-0.4, -0.2) is 31.6 Å². The number of rotatable bonds is 5. The van der Waals surface area contributed by atoms with Crippen LogP contribution in [-0.2, 0) is 0 Å². The third-order valence-electron chi connectivity index (χ3n) is 2.19. The maximum absolute atomic E-state index is 12.8. The summed E-state index contributed by atoms with van der Waals surface area (Å²) in [6, 6.07) is 6.53. The Labute approximate surface area is 84.7 Å². The van der Waals surface area contributed by atoms with Gasteiger partial charge in [-0.3, -0.25) is 0 Å². The highest BCUT2D eigenvalue weighted by Crippen LogP contribution is 2.08. The lowest BCUT2D eigenvalue weighted by Gasteiger charge is -2.14. The van der Waals surface area contributed by atoms with E-state index < -0.39 is 0 Å². The van der Waals surface area contributed by atoms with Crippen molar-refractivity contribution < 1.29 is 4.39 Å². The molecule has 1 N–H and O–H groups in total. The van der Waals surface area contributed by atoms with Gasteiger partial charge in [-0.25, -0.2) is 4.39 Å². The molecule has 0 saturated heterocycles. The molecule has 0 radical (unpaired) electrons. The third-order valence-corrected chi connectivity index (χ3v) is 2.19. The Morgan fingerprint density at radius 2 is 2.21 bits per heavy atom. The van der Waals surface area contributed by atoms with Gasteiger partial charge < -0.3 is 10.2 Å². The van der Waals surface area contributed by atoms with Crippen molar-refractivity contribution in [2.24, 2.45) is 0 Å². The summed E-state index contributed by atoms with van der Waals surface area (Å²) in [5.41, 5.74) is 0.842. The summed E-state index contributed by atoms with van der Waals surface area (Å²) < 4.78 is 12.8. The van der Waals surface area contributed by atoms with Gasteiger partial charge >= 0.3 is 0 Å². The second kappa shape index (κ2) is 5.60. The fourth-order valence-corrected chi connectivity index (χ4v) is 1.15. The first-order chi connectivity index (χ1) is 6.72. The highest BCUT2D eigenvalue weighted by Gasteiger charge is 1.95. The minimum atomic E-state index is -0.196. The second-order valence-corrected chi connectivity index (χ2v) is 3.33. The summed E-state index contributed by atoms with van der Waals surface area (Å²) in [5.74, 6) is -0.196. The molecule has 0 fully saturated rings. The van der Waals surface area contributed by atoms with Crippen LogP contribution in [0.2, 0.25) is 0 Å². The van der Waals surface area contributed by atoms with Gasteiger partial charge in [0.2, 0.25) is 0 Å². The number of nitrogens with one attached hydrogen (secondary N) is 1. The Kier molecular flexibility index (Phi) is 4.40. The molecule has 1 aromatic rings. The van der Waals surface area contributed by atoms with E-state index in [9.17, 15) is 4.39 Å². The smallest absolute Gasteiger partial charge is 0.125 e. The van der Waals surface area contributed by atoms with E-state index in [1.807, 2.05) is 6.07 Å². The van der Waals surface area contributed by atoms with Gasteiger partial charge in [0, 0.05) is 18.8 Å². The van der Waals surface area contributed by atoms with E-state index >= 15 is 0 Å². The normalized spacial score (nSPS) is 10.6. The van der Waals surface area contributed by atoms with Gasteiger partial charge in [-0.05, 0) is 31.8 Å². The summed E-state index contributed by atoms with van der Waals surface area (Å²) in [6.45, 7) is 4.95. The lowest BCUT2D eigenvalue weighted by Crippen LogP contribution is -2.24. The molecule has 0 heterocycles. The zero-order valence-corrected chi connectivity index (χ0v) is 8.76. The van der Waals surface area contributed by atoms with Gasteiger partial charge in [-0.2, -0.15) is 0 Å². The van der Waals surface area contributed by atoms with Crippen molar-refractivity contribution in [1.82, 2.24) is 4.90 Å². The summed E-state index contributed by atoms with van der Waals surface area (Å²) in [6.07, 6.45) is 0. The van der Waals surface area contributed by atoms with Gasteiger partial charge in [0.25, 0.3) is 0 Å². The molecule has 0 aliphatic heterocycles. The van der Waals surface area contributed by atoms with E-state index in [2.05, 4.69) is 24.2 Å². The first-order valence-electron chi connectivity index (χ1n) is 4.90. The molecule has 0 atom stereocenters. The zero-order chi connectivity index (χ0) is 10.4. The number of benzene rings is 1. The molecule has 1 aromatic carbocycles. The Morgan fingerprint density at radius 3 is 2.86 bits per heavy atom. The number of likely N-dealkylation sites (N-methyl/N-ethyl adjacent to an activating group) is 1. The van der Waals surface area contributed by atoms with Gasteiger partial charge in [0.15, 0.2) is 0 Å². The predicted molar refractivity (Wildman–Crippen MR) is 58.1 cm³/mol. The van der Waals surface area contributed by atoms with Gasteiger partial charge in [0.1, 0.15) is 5.82 Å². The largest absolute Gasteiger partial charge is 0.384 e. The molecule has 0 aliphatic carbocycles. The van der Waals surface area contributed by atoms with Crippen LogP contribution in [0.4, 0.5) is 10.1 Å². The molecule has 78 valence electrons. The maximum Gasteiger partial charge on any atom is 0.125 e. The first-order valence-corrected chi connectivity index (χ1v) is 4.90. The van der Waals surface area contributed by atoms with Crippen molar-refractivity contribution in [2.75, 3.05) is 32.0 Å². The second-order valence-electron chi connectivity index (χ2n) is 3.33. The fourth-order valence-electron chi connectivity index (χ4n) is 1.15. The van der Waals surface area contributed by atoms with Crippen LogP contribution >= 0.6 is 0 Å². The van der Waals surface area contributed by atoms with E-state index in [4.69, 9.17) is 0 Å². The number of halogens is 1. The molecule has 0 spiro atoms. The number of hydrogen-bond acceptors (Lipinski definition) is 2. The van der Waals surface area contributed by atoms with E-state index in [1.54, 1.807) is 6.07 Å². The lowest BCUT2D eigenvalue weighted by atomic mass is 10.3. The fraction of sp³-hybridized carbons (Fsp3) is 0.455. The Balaban J connectivity index is 2.31. The Hall–Kier alpha value is -1.09. The molecule has 0 bridgehead atoms. The molecule has 2 nitrogen and oxygen atoms in total. The van der Waals surface area contributed by atoms with Crippen LogP contribution in [0.1, 0.15) is 6.92 Å². The molecule has 1 rings (SSSR count). The van der Waals surface area contributed by atoms with Gasteiger partial charge in [0.05, 0.1) is 0 Å². The molecular formula is C11H17FN2. The van der Waals surface area contributed by atoms with Crippen molar-refractivity contribution in [3.05, 3.63) is 30.1 Å². The average Bonchev–Trinajstić information content (AvgIpc) is 2.17. The van der Waals surface area contributed by atoms with Crippen LogP contribution in [0.5, 0.6) is 0 Å². The molecule has 0 unspecified atom stereocenters. The maximum atomic E-state index is 12.8. The summed E-state index contributed by atoms with van der Waals surface area (Å²) in [7, 11) is 2.06. The average molecular weight is 196 g/mol. The standard InChI is InChI=1S/C11H17FN2/c1-3-14(2)8-7-13-11-6-4-5-10(12)9-11/h4-6,9,13H,3,7-8H2,1-2H3. The Bertz CT molecular complexity index is 276. The topological polar surface area (TPSA) is 15.3 Å². The molecule has 3 heteroatoms. The molecule has 0 aliphatic rings. The Morgan fingerprint density at radius 1 is 1.43 bits per heavy atom. The molecule has 0 aromatic heterocycles. The quantitative estimate of drug-likeness (QED) is 0.776. The van der Waals surface area contributed by atoms with Gasteiger partial charge in [-0.1, -0.05) is 13.0 Å². The van der Waals surface area contributed by atoms with Crippen LogP contribution in [0.15, 0.2) is 24.3 Å². The zero-order valence-electron chi connectivity index (χ0n) is 8.76. The molecule has 14 heavy (non-hydrogen) atoms. The van der Waals surface area contributed by atoms with Crippen molar-refractivity contribution in [3.63, 3.8) is 0 Å². The van der Waals surface area contributed by atoms with Crippen LogP contribution in [0.3, 0.4) is 0 Å². The number of anilines is 1. The molecule has 0 amide bonds. The summed E-state index contributed by atoms with van der Waals surface area (Å²) >= 11 is 0. The van der Waals surface area contributed by atoms with Crippen molar-refractivity contribution >= 4 is 5.69 Å². The minimum Gasteiger partial charge on any atom is -0.384 e. The van der Waals surface area contributed by atoms with Crippen molar-refractivity contribution in [1.29, 1.82) is 0 Å². The van der Waals surface area contributed by atoms with Crippen LogP contribution < -0.4 is 5.32 Å². The molecular weight excluding hydrogens is 179 g/mol. The summed E-state index contributed by atoms with van der Waals surface area (Å²) in [5, 5.41) is 3.17.